The van der Waals surface area contributed by atoms with E-state index in [4.69, 9.17) is 0 Å². The molecule has 3 N–H and O–H groups in total. The van der Waals surface area contributed by atoms with Crippen molar-refractivity contribution in [2.45, 2.75) is 64.0 Å². The summed E-state index contributed by atoms with van der Waals surface area (Å²) < 4.78 is 0. The SMILES string of the molecule is CN=C(NCCNC(C)(C)C)NC1CCC(c2ccccc2)CC1.I. The Balaban J connectivity index is 0.00000312. The highest BCUT2D eigenvalue weighted by molar-refractivity contribution is 14.0. The zero-order chi connectivity index (χ0) is 17.4. The maximum Gasteiger partial charge on any atom is 0.191 e. The first kappa shape index (κ1) is 22.2. The molecule has 1 aromatic rings. The molecule has 0 bridgehead atoms. The zero-order valence-corrected chi connectivity index (χ0v) is 18.5. The second-order valence-corrected chi connectivity index (χ2v) is 7.78. The van der Waals surface area contributed by atoms with E-state index < -0.39 is 0 Å². The molecule has 1 fully saturated rings. The molecule has 0 heterocycles. The maximum atomic E-state index is 4.36. The number of aliphatic imine (C=N–C) groups is 1. The van der Waals surface area contributed by atoms with Crippen LogP contribution >= 0.6 is 24.0 Å². The van der Waals surface area contributed by atoms with E-state index in [0.717, 1.165) is 25.0 Å². The van der Waals surface area contributed by atoms with Crippen LogP contribution in [0.5, 0.6) is 0 Å². The topological polar surface area (TPSA) is 48.5 Å². The van der Waals surface area contributed by atoms with Crippen LogP contribution < -0.4 is 16.0 Å². The van der Waals surface area contributed by atoms with Gasteiger partial charge in [-0.25, -0.2) is 0 Å². The van der Waals surface area contributed by atoms with E-state index >= 15 is 0 Å². The molecular weight excluding hydrogens is 423 g/mol. The van der Waals surface area contributed by atoms with E-state index in [9.17, 15) is 0 Å². The lowest BCUT2D eigenvalue weighted by atomic mass is 9.82. The third-order valence-corrected chi connectivity index (χ3v) is 4.64. The van der Waals surface area contributed by atoms with Crippen LogP contribution in [0.2, 0.25) is 0 Å². The lowest BCUT2D eigenvalue weighted by Crippen LogP contribution is -2.47. The number of nitrogens with one attached hydrogen (secondary N) is 3. The highest BCUT2D eigenvalue weighted by Gasteiger charge is 2.22. The van der Waals surface area contributed by atoms with Gasteiger partial charge in [0, 0.05) is 31.7 Å². The summed E-state index contributed by atoms with van der Waals surface area (Å²) in [5, 5.41) is 10.5. The Kier molecular flexibility index (Phi) is 9.79. The van der Waals surface area contributed by atoms with Crippen molar-refractivity contribution in [3.63, 3.8) is 0 Å². The van der Waals surface area contributed by atoms with Gasteiger partial charge in [0.1, 0.15) is 0 Å². The van der Waals surface area contributed by atoms with Crippen molar-refractivity contribution < 1.29 is 0 Å². The fourth-order valence-electron chi connectivity index (χ4n) is 3.30. The number of guanidine groups is 1. The fourth-order valence-corrected chi connectivity index (χ4v) is 3.30. The molecule has 0 aliphatic heterocycles. The normalized spacial score (nSPS) is 21.4. The second-order valence-electron chi connectivity index (χ2n) is 7.78. The molecule has 2 rings (SSSR count). The smallest absolute Gasteiger partial charge is 0.191 e. The van der Waals surface area contributed by atoms with Crippen LogP contribution in [0.25, 0.3) is 0 Å². The third kappa shape index (κ3) is 8.40. The summed E-state index contributed by atoms with van der Waals surface area (Å²) in [6.45, 7) is 8.38. The summed E-state index contributed by atoms with van der Waals surface area (Å²) >= 11 is 0. The summed E-state index contributed by atoms with van der Waals surface area (Å²) in [6.07, 6.45) is 4.93. The summed E-state index contributed by atoms with van der Waals surface area (Å²) in [5.74, 6) is 1.64. The molecule has 0 radical (unpaired) electrons. The predicted molar refractivity (Wildman–Crippen MR) is 119 cm³/mol. The molecule has 25 heavy (non-hydrogen) atoms. The minimum Gasteiger partial charge on any atom is -0.355 e. The number of hydrogen-bond acceptors (Lipinski definition) is 2. The van der Waals surface area contributed by atoms with Gasteiger partial charge in [-0.05, 0) is 57.9 Å². The molecule has 0 aromatic heterocycles. The molecular formula is C20H35IN4. The van der Waals surface area contributed by atoms with E-state index in [1.54, 1.807) is 0 Å². The van der Waals surface area contributed by atoms with Crippen LogP contribution in [0.3, 0.4) is 0 Å². The number of benzene rings is 1. The Morgan fingerprint density at radius 2 is 1.68 bits per heavy atom. The molecule has 0 amide bonds. The van der Waals surface area contributed by atoms with Crippen LogP contribution in [-0.2, 0) is 0 Å². The first-order valence-corrected chi connectivity index (χ1v) is 9.25. The van der Waals surface area contributed by atoms with Crippen LogP contribution in [0.15, 0.2) is 35.3 Å². The van der Waals surface area contributed by atoms with Crippen molar-refractivity contribution in [2.75, 3.05) is 20.1 Å². The summed E-state index contributed by atoms with van der Waals surface area (Å²) in [4.78, 5) is 4.36. The van der Waals surface area contributed by atoms with E-state index in [2.05, 4.69) is 72.0 Å². The Hall–Kier alpha value is -0.820. The van der Waals surface area contributed by atoms with Crippen LogP contribution in [0.4, 0.5) is 0 Å². The van der Waals surface area contributed by atoms with Crippen molar-refractivity contribution in [3.8, 4) is 0 Å². The van der Waals surface area contributed by atoms with E-state index in [1.807, 2.05) is 7.05 Å². The zero-order valence-electron chi connectivity index (χ0n) is 16.1. The number of nitrogens with zero attached hydrogens (tertiary/aromatic N) is 1. The molecule has 142 valence electrons. The third-order valence-electron chi connectivity index (χ3n) is 4.64. The predicted octanol–water partition coefficient (Wildman–Crippen LogP) is 3.88. The largest absolute Gasteiger partial charge is 0.355 e. The Morgan fingerprint density at radius 3 is 2.24 bits per heavy atom. The van der Waals surface area contributed by atoms with E-state index in [1.165, 1.54) is 31.2 Å². The van der Waals surface area contributed by atoms with Crippen LogP contribution in [0, 0.1) is 0 Å². The minimum absolute atomic E-state index is 0. The van der Waals surface area contributed by atoms with Gasteiger partial charge in [0.2, 0.25) is 0 Å². The van der Waals surface area contributed by atoms with Crippen molar-refractivity contribution in [1.29, 1.82) is 0 Å². The maximum absolute atomic E-state index is 4.36. The monoisotopic (exact) mass is 458 g/mol. The van der Waals surface area contributed by atoms with Crippen molar-refractivity contribution >= 4 is 29.9 Å². The number of halogens is 1. The van der Waals surface area contributed by atoms with Crippen molar-refractivity contribution in [2.24, 2.45) is 4.99 Å². The molecule has 1 aromatic carbocycles. The summed E-state index contributed by atoms with van der Waals surface area (Å²) in [5.41, 5.74) is 1.65. The standard InChI is InChI=1S/C20H34N4.HI/c1-20(2,3)23-15-14-22-19(21-4)24-18-12-10-17(11-13-18)16-8-6-5-7-9-16;/h5-9,17-18,23H,10-15H2,1-4H3,(H2,21,22,24);1H. The molecule has 1 saturated carbocycles. The first-order chi connectivity index (χ1) is 11.5. The van der Waals surface area contributed by atoms with Gasteiger partial charge in [-0.2, -0.15) is 0 Å². The molecule has 0 atom stereocenters. The molecule has 4 nitrogen and oxygen atoms in total. The van der Waals surface area contributed by atoms with Gasteiger partial charge < -0.3 is 16.0 Å². The lowest BCUT2D eigenvalue weighted by molar-refractivity contribution is 0.370. The summed E-state index contributed by atoms with van der Waals surface area (Å²) in [6, 6.07) is 11.5. The average molecular weight is 458 g/mol. The molecule has 0 saturated heterocycles. The van der Waals surface area contributed by atoms with Gasteiger partial charge in [-0.15, -0.1) is 24.0 Å². The highest BCUT2D eigenvalue weighted by Crippen LogP contribution is 2.32. The van der Waals surface area contributed by atoms with Gasteiger partial charge in [-0.1, -0.05) is 30.3 Å². The molecule has 0 unspecified atom stereocenters. The van der Waals surface area contributed by atoms with Crippen molar-refractivity contribution in [3.05, 3.63) is 35.9 Å². The molecule has 1 aliphatic carbocycles. The lowest BCUT2D eigenvalue weighted by Gasteiger charge is -2.30. The van der Waals surface area contributed by atoms with Gasteiger partial charge in [0.05, 0.1) is 0 Å². The van der Waals surface area contributed by atoms with Gasteiger partial charge in [0.25, 0.3) is 0 Å². The van der Waals surface area contributed by atoms with Gasteiger partial charge >= 0.3 is 0 Å². The van der Waals surface area contributed by atoms with Crippen LogP contribution in [-0.4, -0.2) is 37.7 Å². The van der Waals surface area contributed by atoms with Crippen LogP contribution in [0.1, 0.15) is 57.9 Å². The average Bonchev–Trinajstić information content (AvgIpc) is 2.58. The molecule has 0 spiro atoms. The minimum atomic E-state index is 0. The molecule has 1 aliphatic rings. The Morgan fingerprint density at radius 1 is 1.04 bits per heavy atom. The second kappa shape index (κ2) is 11.0. The Labute approximate surface area is 170 Å². The molecule has 5 heteroatoms. The van der Waals surface area contributed by atoms with E-state index in [-0.39, 0.29) is 29.5 Å². The fraction of sp³-hybridized carbons (Fsp3) is 0.650. The quantitative estimate of drug-likeness (QED) is 0.272. The Bertz CT molecular complexity index is 502. The number of hydrogen-bond donors (Lipinski definition) is 3. The van der Waals surface area contributed by atoms with Crippen molar-refractivity contribution in [1.82, 2.24) is 16.0 Å². The summed E-state index contributed by atoms with van der Waals surface area (Å²) in [7, 11) is 1.85. The van der Waals surface area contributed by atoms with Gasteiger partial charge in [0.15, 0.2) is 5.96 Å². The van der Waals surface area contributed by atoms with Gasteiger partial charge in [-0.3, -0.25) is 4.99 Å². The first-order valence-electron chi connectivity index (χ1n) is 9.25. The van der Waals surface area contributed by atoms with E-state index in [0.29, 0.717) is 6.04 Å². The highest BCUT2D eigenvalue weighted by atomic mass is 127. The number of rotatable bonds is 5.